The molecule has 6 heteroatoms. The standard InChI is InChI=1S/C14H11BrClN3O/c15-11-3-1-10(2-4-11)14-6-5-13(20-14)9-19-8-12(7-16)17-18-19/h1-6,8H,7,9H2. The third kappa shape index (κ3) is 2.94. The smallest absolute Gasteiger partial charge is 0.134 e. The molecular formula is C14H11BrClN3O. The van der Waals surface area contributed by atoms with Gasteiger partial charge in [-0.05, 0) is 24.3 Å². The van der Waals surface area contributed by atoms with E-state index in [2.05, 4.69) is 26.2 Å². The third-order valence-corrected chi connectivity index (χ3v) is 3.63. The van der Waals surface area contributed by atoms with Crippen molar-refractivity contribution in [3.8, 4) is 11.3 Å². The Morgan fingerprint density at radius 2 is 1.95 bits per heavy atom. The summed E-state index contributed by atoms with van der Waals surface area (Å²) in [6, 6.07) is 11.9. The van der Waals surface area contributed by atoms with Crippen LogP contribution in [0.3, 0.4) is 0 Å². The first-order chi connectivity index (χ1) is 9.74. The van der Waals surface area contributed by atoms with Crippen LogP contribution < -0.4 is 0 Å². The summed E-state index contributed by atoms with van der Waals surface area (Å²) in [7, 11) is 0. The van der Waals surface area contributed by atoms with Gasteiger partial charge < -0.3 is 4.42 Å². The van der Waals surface area contributed by atoms with E-state index < -0.39 is 0 Å². The Balaban J connectivity index is 1.78. The number of nitrogens with zero attached hydrogens (tertiary/aromatic N) is 3. The number of hydrogen-bond acceptors (Lipinski definition) is 3. The molecule has 0 spiro atoms. The second-order valence-corrected chi connectivity index (χ2v) is 5.50. The van der Waals surface area contributed by atoms with E-state index in [-0.39, 0.29) is 0 Å². The zero-order chi connectivity index (χ0) is 13.9. The molecular weight excluding hydrogens is 342 g/mol. The fourth-order valence-electron chi connectivity index (χ4n) is 1.87. The molecule has 0 N–H and O–H groups in total. The Morgan fingerprint density at radius 1 is 1.15 bits per heavy atom. The molecule has 3 aromatic rings. The molecule has 102 valence electrons. The first-order valence-electron chi connectivity index (χ1n) is 6.04. The molecule has 1 aromatic carbocycles. The number of alkyl halides is 1. The van der Waals surface area contributed by atoms with Crippen LogP contribution in [-0.4, -0.2) is 15.0 Å². The lowest BCUT2D eigenvalue weighted by Gasteiger charge is -1.98. The summed E-state index contributed by atoms with van der Waals surface area (Å²) in [5.41, 5.74) is 1.80. The minimum atomic E-state index is 0.363. The Kier molecular flexibility index (Phi) is 3.89. The van der Waals surface area contributed by atoms with Gasteiger partial charge in [0.25, 0.3) is 0 Å². The summed E-state index contributed by atoms with van der Waals surface area (Å²) in [5.74, 6) is 2.03. The lowest BCUT2D eigenvalue weighted by Crippen LogP contribution is -1.98. The molecule has 0 amide bonds. The van der Waals surface area contributed by atoms with Crippen molar-refractivity contribution in [3.05, 3.63) is 58.5 Å². The van der Waals surface area contributed by atoms with E-state index in [1.165, 1.54) is 0 Å². The summed E-state index contributed by atoms with van der Waals surface area (Å²) in [4.78, 5) is 0. The second-order valence-electron chi connectivity index (χ2n) is 4.31. The van der Waals surface area contributed by atoms with Crippen LogP contribution in [0.2, 0.25) is 0 Å². The molecule has 2 aromatic heterocycles. The number of rotatable bonds is 4. The third-order valence-electron chi connectivity index (χ3n) is 2.83. The van der Waals surface area contributed by atoms with Gasteiger partial charge in [-0.3, -0.25) is 0 Å². The van der Waals surface area contributed by atoms with Crippen molar-refractivity contribution in [2.75, 3.05) is 0 Å². The fourth-order valence-corrected chi connectivity index (χ4v) is 2.26. The summed E-state index contributed by atoms with van der Waals surface area (Å²) < 4.78 is 8.58. The topological polar surface area (TPSA) is 43.9 Å². The maximum Gasteiger partial charge on any atom is 0.134 e. The number of halogens is 2. The summed E-state index contributed by atoms with van der Waals surface area (Å²) in [5, 5.41) is 7.93. The molecule has 20 heavy (non-hydrogen) atoms. The van der Waals surface area contributed by atoms with Gasteiger partial charge in [-0.25, -0.2) is 4.68 Å². The summed E-state index contributed by atoms with van der Waals surface area (Å²) in [6.07, 6.45) is 1.81. The zero-order valence-electron chi connectivity index (χ0n) is 10.5. The number of furan rings is 1. The van der Waals surface area contributed by atoms with Crippen molar-refractivity contribution in [2.45, 2.75) is 12.4 Å². The van der Waals surface area contributed by atoms with Crippen LogP contribution in [-0.2, 0) is 12.4 Å². The van der Waals surface area contributed by atoms with E-state index in [0.29, 0.717) is 12.4 Å². The Labute approximate surface area is 129 Å². The van der Waals surface area contributed by atoms with Crippen molar-refractivity contribution in [1.82, 2.24) is 15.0 Å². The van der Waals surface area contributed by atoms with Gasteiger partial charge in [0.2, 0.25) is 0 Å². The van der Waals surface area contributed by atoms with Crippen molar-refractivity contribution in [1.29, 1.82) is 0 Å². The summed E-state index contributed by atoms with van der Waals surface area (Å²) in [6.45, 7) is 0.542. The maximum absolute atomic E-state index is 5.82. The van der Waals surface area contributed by atoms with Crippen molar-refractivity contribution in [3.63, 3.8) is 0 Å². The van der Waals surface area contributed by atoms with E-state index in [4.69, 9.17) is 16.0 Å². The van der Waals surface area contributed by atoms with E-state index >= 15 is 0 Å². The van der Waals surface area contributed by atoms with Crippen LogP contribution >= 0.6 is 27.5 Å². The molecule has 0 bridgehead atoms. The highest BCUT2D eigenvalue weighted by molar-refractivity contribution is 9.10. The Morgan fingerprint density at radius 3 is 2.65 bits per heavy atom. The predicted molar refractivity (Wildman–Crippen MR) is 80.5 cm³/mol. The van der Waals surface area contributed by atoms with Crippen LogP contribution in [0.25, 0.3) is 11.3 Å². The van der Waals surface area contributed by atoms with Crippen LogP contribution in [0, 0.1) is 0 Å². The van der Waals surface area contributed by atoms with E-state index in [1.807, 2.05) is 42.6 Å². The molecule has 0 atom stereocenters. The van der Waals surface area contributed by atoms with Gasteiger partial charge >= 0.3 is 0 Å². The zero-order valence-corrected chi connectivity index (χ0v) is 12.8. The average Bonchev–Trinajstić information content (AvgIpc) is 3.09. The molecule has 4 nitrogen and oxygen atoms in total. The molecule has 0 aliphatic heterocycles. The molecule has 0 fully saturated rings. The number of benzene rings is 1. The fraction of sp³-hybridized carbons (Fsp3) is 0.143. The summed E-state index contributed by atoms with van der Waals surface area (Å²) >= 11 is 9.11. The molecule has 3 rings (SSSR count). The lowest BCUT2D eigenvalue weighted by atomic mass is 10.2. The van der Waals surface area contributed by atoms with Crippen molar-refractivity contribution >= 4 is 27.5 Å². The highest BCUT2D eigenvalue weighted by Gasteiger charge is 2.07. The molecule has 0 radical (unpaired) electrons. The SMILES string of the molecule is ClCc1cn(Cc2ccc(-c3ccc(Br)cc3)o2)nn1. The van der Waals surface area contributed by atoms with Crippen molar-refractivity contribution < 1.29 is 4.42 Å². The Bertz CT molecular complexity index is 705. The highest BCUT2D eigenvalue weighted by Crippen LogP contribution is 2.24. The maximum atomic E-state index is 5.82. The van der Waals surface area contributed by atoms with Crippen molar-refractivity contribution in [2.24, 2.45) is 0 Å². The van der Waals surface area contributed by atoms with Crippen LogP contribution in [0.5, 0.6) is 0 Å². The molecule has 2 heterocycles. The quantitative estimate of drug-likeness (QED) is 0.664. The van der Waals surface area contributed by atoms with Gasteiger partial charge in [-0.2, -0.15) is 0 Å². The van der Waals surface area contributed by atoms with Gasteiger partial charge in [0, 0.05) is 10.0 Å². The molecule has 0 aliphatic carbocycles. The van der Waals surface area contributed by atoms with Gasteiger partial charge in [-0.1, -0.05) is 33.3 Å². The largest absolute Gasteiger partial charge is 0.459 e. The first kappa shape index (κ1) is 13.4. The molecule has 0 saturated carbocycles. The van der Waals surface area contributed by atoms with Gasteiger partial charge in [0.1, 0.15) is 18.1 Å². The molecule has 0 saturated heterocycles. The van der Waals surface area contributed by atoms with Crippen LogP contribution in [0.15, 0.2) is 51.5 Å². The monoisotopic (exact) mass is 351 g/mol. The minimum absolute atomic E-state index is 0.363. The van der Waals surface area contributed by atoms with E-state index in [0.717, 1.165) is 27.3 Å². The highest BCUT2D eigenvalue weighted by atomic mass is 79.9. The second kappa shape index (κ2) is 5.81. The first-order valence-corrected chi connectivity index (χ1v) is 7.37. The van der Waals surface area contributed by atoms with Crippen LogP contribution in [0.1, 0.15) is 11.5 Å². The minimum Gasteiger partial charge on any atom is -0.459 e. The lowest BCUT2D eigenvalue weighted by molar-refractivity contribution is 0.485. The molecule has 0 unspecified atom stereocenters. The van der Waals surface area contributed by atoms with Gasteiger partial charge in [-0.15, -0.1) is 16.7 Å². The van der Waals surface area contributed by atoms with Gasteiger partial charge in [0.15, 0.2) is 0 Å². The average molecular weight is 353 g/mol. The number of hydrogen-bond donors (Lipinski definition) is 0. The molecule has 0 aliphatic rings. The van der Waals surface area contributed by atoms with Gasteiger partial charge in [0.05, 0.1) is 17.8 Å². The van der Waals surface area contributed by atoms with Crippen LogP contribution in [0.4, 0.5) is 0 Å². The normalized spacial score (nSPS) is 10.9. The number of aromatic nitrogens is 3. The predicted octanol–water partition coefficient (Wildman–Crippen LogP) is 4.09. The van der Waals surface area contributed by atoms with E-state index in [9.17, 15) is 0 Å². The Hall–Kier alpha value is -1.59. The van der Waals surface area contributed by atoms with E-state index in [1.54, 1.807) is 4.68 Å².